The number of ketones is 2. The summed E-state index contributed by atoms with van der Waals surface area (Å²) in [5.41, 5.74) is 4.65. The molecule has 0 spiro atoms. The van der Waals surface area contributed by atoms with E-state index in [-0.39, 0.29) is 29.7 Å². The highest BCUT2D eigenvalue weighted by Crippen LogP contribution is 2.54. The van der Waals surface area contributed by atoms with Gasteiger partial charge in [-0.3, -0.25) is 14.4 Å². The van der Waals surface area contributed by atoms with Crippen molar-refractivity contribution in [2.24, 2.45) is 23.5 Å². The molecule has 3 aliphatic carbocycles. The molecular formula is C28H39N5O7. The molecule has 1 amide bonds. The first-order valence-corrected chi connectivity index (χ1v) is 13.6. The van der Waals surface area contributed by atoms with E-state index < -0.39 is 58.7 Å². The average molecular weight is 558 g/mol. The van der Waals surface area contributed by atoms with Crippen LogP contribution in [0.25, 0.3) is 0 Å². The van der Waals surface area contributed by atoms with Crippen LogP contribution in [0.1, 0.15) is 22.3 Å². The number of phenolic OH excluding ortho intramolecular Hbond substituents is 1. The molecule has 1 heterocycles. The fraction of sp³-hybridized carbons (Fsp3) is 0.607. The Kier molecular flexibility index (Phi) is 6.89. The second kappa shape index (κ2) is 9.72. The number of fused-ring (bicyclic) bond motifs is 3. The van der Waals surface area contributed by atoms with E-state index in [1.807, 2.05) is 37.0 Å². The Hall–Kier alpha value is -3.19. The zero-order valence-electron chi connectivity index (χ0n) is 23.6. The standard InChI is InChI=1S/C28H39N5O7/c1-30(2)16-12-17(33-8-6-32(5)7-9-33)22(34)19-14(16)10-13-11-15-21(31(3)4)24(36)20(27(29)39)26(38)28(15,40)25(37)18(13)23(19)35/h12-13,15,20-21,24,34,36-37,40H,6-11H2,1-5H3,(H2,29,39)/t13-,15-,20?,21-,24?,28-/m0/s1. The Bertz CT molecular complexity index is 1300. The number of aliphatic hydroxyl groups excluding tert-OH is 2. The molecule has 0 bridgehead atoms. The fourth-order valence-corrected chi connectivity index (χ4v) is 7.33. The molecular weight excluding hydrogens is 518 g/mol. The Balaban J connectivity index is 1.69. The van der Waals surface area contributed by atoms with E-state index in [9.17, 15) is 34.8 Å². The van der Waals surface area contributed by atoms with Gasteiger partial charge in [-0.15, -0.1) is 0 Å². The van der Waals surface area contributed by atoms with Gasteiger partial charge in [0, 0.05) is 63.5 Å². The number of amides is 1. The molecule has 1 aliphatic heterocycles. The van der Waals surface area contributed by atoms with Gasteiger partial charge >= 0.3 is 0 Å². The van der Waals surface area contributed by atoms with Gasteiger partial charge in [-0.1, -0.05) is 0 Å². The maximum absolute atomic E-state index is 14.2. The fourth-order valence-electron chi connectivity index (χ4n) is 7.33. The normalized spacial score (nSPS) is 32.6. The van der Waals surface area contributed by atoms with Gasteiger partial charge in [0.25, 0.3) is 0 Å². The summed E-state index contributed by atoms with van der Waals surface area (Å²) in [5.74, 6) is -7.30. The molecule has 1 saturated carbocycles. The summed E-state index contributed by atoms with van der Waals surface area (Å²) >= 11 is 0. The second-order valence-electron chi connectivity index (χ2n) is 12.1. The summed E-state index contributed by atoms with van der Waals surface area (Å²) < 4.78 is 0. The van der Waals surface area contributed by atoms with Gasteiger partial charge in [0.15, 0.2) is 17.2 Å². The van der Waals surface area contributed by atoms with Crippen molar-refractivity contribution in [1.82, 2.24) is 9.80 Å². The molecule has 2 fully saturated rings. The van der Waals surface area contributed by atoms with E-state index >= 15 is 0 Å². The van der Waals surface area contributed by atoms with E-state index in [4.69, 9.17) is 5.73 Å². The zero-order valence-corrected chi connectivity index (χ0v) is 23.6. The number of allylic oxidation sites excluding steroid dienone is 1. The quantitative estimate of drug-likeness (QED) is 0.291. The summed E-state index contributed by atoms with van der Waals surface area (Å²) in [5, 5.41) is 45.9. The number of aromatic hydroxyl groups is 1. The second-order valence-corrected chi connectivity index (χ2v) is 12.1. The molecule has 1 aromatic carbocycles. The van der Waals surface area contributed by atoms with Gasteiger partial charge < -0.3 is 45.8 Å². The Morgan fingerprint density at radius 1 is 1.10 bits per heavy atom. The highest BCUT2D eigenvalue weighted by atomic mass is 16.3. The summed E-state index contributed by atoms with van der Waals surface area (Å²) in [6.07, 6.45) is -1.15. The summed E-state index contributed by atoms with van der Waals surface area (Å²) in [6, 6.07) is 0.982. The lowest BCUT2D eigenvalue weighted by Gasteiger charge is -2.53. The summed E-state index contributed by atoms with van der Waals surface area (Å²) in [4.78, 5) is 47.6. The Morgan fingerprint density at radius 2 is 1.73 bits per heavy atom. The number of nitrogens with two attached hydrogens (primary N) is 1. The molecule has 6 N–H and O–H groups in total. The van der Waals surface area contributed by atoms with Crippen LogP contribution in [0.5, 0.6) is 5.75 Å². The SMILES string of the molecule is CN1CCN(c2cc(N(C)C)c3c(c2O)C(=O)C2=C(O)[C@]4(O)C(=O)C(C(N)=O)C(O)[C@@H](N(C)C)[C@@H]4C[C@@H]2C3)CC1. The van der Waals surface area contributed by atoms with Crippen molar-refractivity contribution in [3.8, 4) is 5.75 Å². The minimum atomic E-state index is -2.60. The minimum absolute atomic E-state index is 0.0406. The van der Waals surface area contributed by atoms with E-state index in [0.717, 1.165) is 18.8 Å². The number of phenols is 1. The van der Waals surface area contributed by atoms with E-state index in [1.165, 1.54) is 0 Å². The first-order valence-electron chi connectivity index (χ1n) is 13.6. The molecule has 1 saturated heterocycles. The number of hydrogen-bond donors (Lipinski definition) is 5. The van der Waals surface area contributed by atoms with Gasteiger partial charge in [-0.05, 0) is 51.5 Å². The van der Waals surface area contributed by atoms with Crippen LogP contribution in [0, 0.1) is 17.8 Å². The Labute approximate surface area is 233 Å². The molecule has 4 aliphatic rings. The molecule has 2 unspecified atom stereocenters. The molecule has 5 rings (SSSR count). The van der Waals surface area contributed by atoms with E-state index in [1.54, 1.807) is 19.0 Å². The number of anilines is 2. The number of Topliss-reactive ketones (excluding diaryl/α,β-unsaturated/α-hetero) is 2. The smallest absolute Gasteiger partial charge is 0.230 e. The molecule has 218 valence electrons. The molecule has 12 heteroatoms. The third kappa shape index (κ3) is 3.92. The first-order chi connectivity index (χ1) is 18.7. The van der Waals surface area contributed by atoms with Crippen LogP contribution >= 0.6 is 0 Å². The zero-order chi connectivity index (χ0) is 29.4. The maximum atomic E-state index is 14.2. The van der Waals surface area contributed by atoms with Crippen molar-refractivity contribution in [3.05, 3.63) is 28.5 Å². The number of carbonyl (C=O) groups excluding carboxylic acids is 3. The molecule has 0 radical (unpaired) electrons. The number of aliphatic hydroxyl groups is 3. The maximum Gasteiger partial charge on any atom is 0.230 e. The summed E-state index contributed by atoms with van der Waals surface area (Å²) in [6.45, 7) is 2.87. The van der Waals surface area contributed by atoms with Crippen molar-refractivity contribution < 1.29 is 34.8 Å². The molecule has 1 aromatic rings. The van der Waals surface area contributed by atoms with Crippen molar-refractivity contribution in [2.75, 3.05) is 71.2 Å². The van der Waals surface area contributed by atoms with Crippen LogP contribution in [-0.2, 0) is 16.0 Å². The third-order valence-electron chi connectivity index (χ3n) is 9.38. The Morgan fingerprint density at radius 3 is 2.27 bits per heavy atom. The van der Waals surface area contributed by atoms with Crippen LogP contribution in [0.2, 0.25) is 0 Å². The number of piperazine rings is 1. The first kappa shape index (κ1) is 28.3. The van der Waals surface area contributed by atoms with Crippen LogP contribution in [0.3, 0.4) is 0 Å². The average Bonchev–Trinajstić information content (AvgIpc) is 2.86. The van der Waals surface area contributed by atoms with E-state index in [2.05, 4.69) is 4.90 Å². The monoisotopic (exact) mass is 557 g/mol. The predicted molar refractivity (Wildman–Crippen MR) is 148 cm³/mol. The van der Waals surface area contributed by atoms with Crippen molar-refractivity contribution in [1.29, 1.82) is 0 Å². The van der Waals surface area contributed by atoms with Gasteiger partial charge in [0.2, 0.25) is 5.91 Å². The van der Waals surface area contributed by atoms with Crippen LogP contribution in [0.4, 0.5) is 11.4 Å². The highest BCUT2D eigenvalue weighted by Gasteiger charge is 2.66. The lowest BCUT2D eigenvalue weighted by atomic mass is 9.56. The van der Waals surface area contributed by atoms with Crippen molar-refractivity contribution in [3.63, 3.8) is 0 Å². The molecule has 12 nitrogen and oxygen atoms in total. The largest absolute Gasteiger partial charge is 0.508 e. The van der Waals surface area contributed by atoms with Gasteiger partial charge in [0.1, 0.15) is 17.4 Å². The minimum Gasteiger partial charge on any atom is -0.508 e. The number of benzene rings is 1. The van der Waals surface area contributed by atoms with Gasteiger partial charge in [0.05, 0.1) is 17.4 Å². The number of primary amides is 1. The lowest BCUT2D eigenvalue weighted by Crippen LogP contribution is -2.71. The highest BCUT2D eigenvalue weighted by molar-refractivity contribution is 6.17. The molecule has 0 aromatic heterocycles. The van der Waals surface area contributed by atoms with Crippen LogP contribution < -0.4 is 15.5 Å². The van der Waals surface area contributed by atoms with Gasteiger partial charge in [-0.2, -0.15) is 0 Å². The molecule has 6 atom stereocenters. The third-order valence-corrected chi connectivity index (χ3v) is 9.38. The van der Waals surface area contributed by atoms with E-state index in [0.29, 0.717) is 24.3 Å². The topological polar surface area (TPSA) is 171 Å². The van der Waals surface area contributed by atoms with Crippen LogP contribution in [-0.4, -0.2) is 127 Å². The van der Waals surface area contributed by atoms with Crippen molar-refractivity contribution in [2.45, 2.75) is 30.6 Å². The number of hydrogen-bond acceptors (Lipinski definition) is 11. The van der Waals surface area contributed by atoms with Gasteiger partial charge in [-0.25, -0.2) is 0 Å². The lowest BCUT2D eigenvalue weighted by molar-refractivity contribution is -0.178. The number of nitrogens with zero attached hydrogens (tertiary/aromatic N) is 4. The van der Waals surface area contributed by atoms with Crippen molar-refractivity contribution >= 4 is 28.8 Å². The molecule has 40 heavy (non-hydrogen) atoms. The number of carbonyl (C=O) groups is 3. The number of rotatable bonds is 4. The predicted octanol–water partition coefficient (Wildman–Crippen LogP) is -0.897. The summed E-state index contributed by atoms with van der Waals surface area (Å²) in [7, 11) is 9.01. The van der Waals surface area contributed by atoms with Crippen LogP contribution in [0.15, 0.2) is 17.4 Å². The number of likely N-dealkylation sites (N-methyl/N-ethyl adjacent to an activating group) is 2.